The first kappa shape index (κ1) is 17.0. The van der Waals surface area contributed by atoms with Crippen molar-refractivity contribution in [3.63, 3.8) is 0 Å². The van der Waals surface area contributed by atoms with Crippen molar-refractivity contribution in [3.8, 4) is 5.75 Å². The van der Waals surface area contributed by atoms with Gasteiger partial charge in [-0.1, -0.05) is 21.1 Å². The fraction of sp³-hybridized carbons (Fsp3) is 0.333. The van der Waals surface area contributed by atoms with Gasteiger partial charge in [0.1, 0.15) is 5.75 Å². The van der Waals surface area contributed by atoms with Gasteiger partial charge in [0.2, 0.25) is 0 Å². The monoisotopic (exact) mass is 385 g/mol. The van der Waals surface area contributed by atoms with E-state index in [2.05, 4.69) is 26.1 Å². The standard InChI is InChI=1S/C15H16BrN3O2.ClH/c1-20-12-5-4-11(16)9-10(12)3-6-13-18-14(19-21-13)15(17)7-2-8-15;/h3-6,9H,2,7-8,17H2,1H3;1H/b6-3+;. The van der Waals surface area contributed by atoms with Crippen molar-refractivity contribution >= 4 is 40.5 Å². The molecule has 1 aliphatic carbocycles. The SMILES string of the molecule is COc1ccc(Br)cc1/C=C/c1nc(C2(N)CCC2)no1.Cl. The molecule has 1 saturated carbocycles. The first-order valence-corrected chi connectivity index (χ1v) is 7.55. The van der Waals surface area contributed by atoms with Crippen LogP contribution in [0.25, 0.3) is 12.2 Å². The Balaban J connectivity index is 0.00000176. The Kier molecular flexibility index (Phi) is 5.26. The maximum absolute atomic E-state index is 6.17. The highest BCUT2D eigenvalue weighted by Crippen LogP contribution is 2.37. The van der Waals surface area contributed by atoms with E-state index in [9.17, 15) is 0 Å². The third-order valence-electron chi connectivity index (χ3n) is 3.73. The Hall–Kier alpha value is -1.37. The van der Waals surface area contributed by atoms with Gasteiger partial charge in [-0.25, -0.2) is 0 Å². The number of aromatic nitrogens is 2. The number of rotatable bonds is 4. The third-order valence-corrected chi connectivity index (χ3v) is 4.22. The molecule has 5 nitrogen and oxygen atoms in total. The topological polar surface area (TPSA) is 74.2 Å². The van der Waals surface area contributed by atoms with Crippen molar-refractivity contribution in [2.45, 2.75) is 24.8 Å². The van der Waals surface area contributed by atoms with Gasteiger partial charge in [-0.05, 0) is 43.5 Å². The van der Waals surface area contributed by atoms with Crippen LogP contribution in [0, 0.1) is 0 Å². The Labute approximate surface area is 143 Å². The summed E-state index contributed by atoms with van der Waals surface area (Å²) in [7, 11) is 1.64. The predicted octanol–water partition coefficient (Wildman–Crippen LogP) is 3.77. The maximum atomic E-state index is 6.17. The number of hydrogen-bond donors (Lipinski definition) is 1. The van der Waals surface area contributed by atoms with Crippen LogP contribution in [0.2, 0.25) is 0 Å². The van der Waals surface area contributed by atoms with Crippen LogP contribution in [0.4, 0.5) is 0 Å². The summed E-state index contributed by atoms with van der Waals surface area (Å²) < 4.78 is 11.5. The highest BCUT2D eigenvalue weighted by Gasteiger charge is 2.38. The molecule has 0 atom stereocenters. The number of nitrogens with two attached hydrogens (primary N) is 1. The minimum absolute atomic E-state index is 0. The molecule has 7 heteroatoms. The Morgan fingerprint density at radius 1 is 1.36 bits per heavy atom. The average molecular weight is 387 g/mol. The van der Waals surface area contributed by atoms with Gasteiger partial charge < -0.3 is 15.0 Å². The zero-order valence-electron chi connectivity index (χ0n) is 12.1. The van der Waals surface area contributed by atoms with Gasteiger partial charge in [0, 0.05) is 16.1 Å². The summed E-state index contributed by atoms with van der Waals surface area (Å²) in [5.41, 5.74) is 6.70. The van der Waals surface area contributed by atoms with Crippen LogP contribution in [0.15, 0.2) is 27.2 Å². The maximum Gasteiger partial charge on any atom is 0.250 e. The molecule has 1 aliphatic rings. The molecule has 22 heavy (non-hydrogen) atoms. The number of ether oxygens (including phenoxy) is 1. The fourth-order valence-corrected chi connectivity index (χ4v) is 2.66. The first-order valence-electron chi connectivity index (χ1n) is 6.75. The molecule has 0 radical (unpaired) electrons. The molecule has 0 unspecified atom stereocenters. The van der Waals surface area contributed by atoms with Gasteiger partial charge >= 0.3 is 0 Å². The van der Waals surface area contributed by atoms with E-state index in [0.717, 1.165) is 35.0 Å². The minimum atomic E-state index is -0.400. The number of methoxy groups -OCH3 is 1. The Morgan fingerprint density at radius 3 is 2.77 bits per heavy atom. The van der Waals surface area contributed by atoms with E-state index < -0.39 is 5.54 Å². The molecular weight excluding hydrogens is 370 g/mol. The van der Waals surface area contributed by atoms with Crippen LogP contribution in [0.5, 0.6) is 5.75 Å². The summed E-state index contributed by atoms with van der Waals surface area (Å²) in [4.78, 5) is 4.35. The summed E-state index contributed by atoms with van der Waals surface area (Å²) in [6.07, 6.45) is 6.59. The van der Waals surface area contributed by atoms with Gasteiger partial charge in [-0.15, -0.1) is 12.4 Å². The lowest BCUT2D eigenvalue weighted by Crippen LogP contribution is -2.44. The summed E-state index contributed by atoms with van der Waals surface area (Å²) >= 11 is 3.44. The lowest BCUT2D eigenvalue weighted by Gasteiger charge is -2.34. The van der Waals surface area contributed by atoms with Gasteiger partial charge in [0.15, 0.2) is 5.82 Å². The molecular formula is C15H17BrClN3O2. The molecule has 0 bridgehead atoms. The Bertz CT molecular complexity index is 683. The van der Waals surface area contributed by atoms with E-state index in [0.29, 0.717) is 11.7 Å². The number of hydrogen-bond acceptors (Lipinski definition) is 5. The zero-order valence-corrected chi connectivity index (χ0v) is 14.5. The lowest BCUT2D eigenvalue weighted by molar-refractivity contribution is 0.229. The molecule has 118 valence electrons. The highest BCUT2D eigenvalue weighted by atomic mass is 79.9. The van der Waals surface area contributed by atoms with Gasteiger partial charge in [0.05, 0.1) is 12.6 Å². The summed E-state index contributed by atoms with van der Waals surface area (Å²) in [6.45, 7) is 0. The van der Waals surface area contributed by atoms with E-state index in [1.807, 2.05) is 24.3 Å². The van der Waals surface area contributed by atoms with Gasteiger partial charge in [-0.3, -0.25) is 0 Å². The van der Waals surface area contributed by atoms with Crippen molar-refractivity contribution < 1.29 is 9.26 Å². The Morgan fingerprint density at radius 2 is 2.14 bits per heavy atom. The average Bonchev–Trinajstić information content (AvgIpc) is 2.92. The summed E-state index contributed by atoms with van der Waals surface area (Å²) in [5.74, 6) is 1.82. The van der Waals surface area contributed by atoms with Crippen molar-refractivity contribution in [3.05, 3.63) is 40.0 Å². The van der Waals surface area contributed by atoms with Crippen molar-refractivity contribution in [2.75, 3.05) is 7.11 Å². The number of benzene rings is 1. The molecule has 3 rings (SSSR count). The molecule has 1 heterocycles. The number of halogens is 2. The van der Waals surface area contributed by atoms with Crippen LogP contribution in [-0.2, 0) is 5.54 Å². The quantitative estimate of drug-likeness (QED) is 0.865. The lowest BCUT2D eigenvalue weighted by atomic mass is 9.77. The smallest absolute Gasteiger partial charge is 0.250 e. The molecule has 2 aromatic rings. The third kappa shape index (κ3) is 3.34. The predicted molar refractivity (Wildman–Crippen MR) is 90.9 cm³/mol. The molecule has 1 aromatic carbocycles. The van der Waals surface area contributed by atoms with Crippen LogP contribution in [-0.4, -0.2) is 17.3 Å². The van der Waals surface area contributed by atoms with E-state index >= 15 is 0 Å². The van der Waals surface area contributed by atoms with E-state index in [4.69, 9.17) is 15.0 Å². The highest BCUT2D eigenvalue weighted by molar-refractivity contribution is 9.10. The molecule has 1 fully saturated rings. The van der Waals surface area contributed by atoms with Crippen LogP contribution < -0.4 is 10.5 Å². The molecule has 0 spiro atoms. The van der Waals surface area contributed by atoms with Gasteiger partial charge in [-0.2, -0.15) is 4.98 Å². The molecule has 2 N–H and O–H groups in total. The van der Waals surface area contributed by atoms with Crippen molar-refractivity contribution in [2.24, 2.45) is 5.73 Å². The second-order valence-electron chi connectivity index (χ2n) is 5.19. The van der Waals surface area contributed by atoms with E-state index in [-0.39, 0.29) is 12.4 Å². The molecule has 1 aromatic heterocycles. The fourth-order valence-electron chi connectivity index (χ4n) is 2.28. The first-order chi connectivity index (χ1) is 10.1. The van der Waals surface area contributed by atoms with Crippen LogP contribution >= 0.6 is 28.3 Å². The summed E-state index contributed by atoms with van der Waals surface area (Å²) in [6, 6.07) is 5.78. The molecule has 0 amide bonds. The minimum Gasteiger partial charge on any atom is -0.496 e. The summed E-state index contributed by atoms with van der Waals surface area (Å²) in [5, 5.41) is 3.98. The normalized spacial score (nSPS) is 16.1. The van der Waals surface area contributed by atoms with Crippen molar-refractivity contribution in [1.29, 1.82) is 0 Å². The van der Waals surface area contributed by atoms with Crippen molar-refractivity contribution in [1.82, 2.24) is 10.1 Å². The zero-order chi connectivity index (χ0) is 14.9. The molecule has 0 aliphatic heterocycles. The largest absolute Gasteiger partial charge is 0.496 e. The van der Waals surface area contributed by atoms with E-state index in [1.54, 1.807) is 13.2 Å². The van der Waals surface area contributed by atoms with Gasteiger partial charge in [0.25, 0.3) is 5.89 Å². The van der Waals surface area contributed by atoms with E-state index in [1.165, 1.54) is 0 Å². The molecule has 0 saturated heterocycles. The second-order valence-corrected chi connectivity index (χ2v) is 6.10. The second kappa shape index (κ2) is 6.81. The van der Waals surface area contributed by atoms with Crippen LogP contribution in [0.3, 0.4) is 0 Å². The number of nitrogens with zero attached hydrogens (tertiary/aromatic N) is 2. The van der Waals surface area contributed by atoms with Crippen LogP contribution in [0.1, 0.15) is 36.5 Å².